The van der Waals surface area contributed by atoms with E-state index in [1.807, 2.05) is 12.1 Å². The van der Waals surface area contributed by atoms with Gasteiger partial charge in [0.15, 0.2) is 0 Å². The topological polar surface area (TPSA) is 38.7 Å². The van der Waals surface area contributed by atoms with E-state index >= 15 is 0 Å². The summed E-state index contributed by atoms with van der Waals surface area (Å²) >= 11 is 1.76. The van der Waals surface area contributed by atoms with E-state index in [2.05, 4.69) is 32.9 Å². The summed E-state index contributed by atoms with van der Waals surface area (Å²) in [6.45, 7) is 0. The average Bonchev–Trinajstić information content (AvgIpc) is 2.71. The number of thiophene rings is 1. The summed E-state index contributed by atoms with van der Waals surface area (Å²) in [5.74, 6) is 0. The maximum absolute atomic E-state index is 4.06. The highest BCUT2D eigenvalue weighted by Gasteiger charge is 2.10. The number of hydrogen-bond donors (Lipinski definition) is 0. The van der Waals surface area contributed by atoms with Gasteiger partial charge in [-0.2, -0.15) is 0 Å². The fraction of sp³-hybridized carbons (Fsp3) is 0. The molecule has 0 unspecified atom stereocenters. The molecule has 0 spiro atoms. The lowest BCUT2D eigenvalue weighted by Crippen LogP contribution is -1.90. The Morgan fingerprint density at radius 1 is 0.867 bits per heavy atom. The average molecular weight is 211 g/mol. The zero-order valence-corrected chi connectivity index (χ0v) is 8.45. The van der Waals surface area contributed by atoms with Crippen LogP contribution in [0.3, 0.4) is 0 Å². The smallest absolute Gasteiger partial charge is 0.0977 e. The van der Waals surface area contributed by atoms with Gasteiger partial charge in [0.1, 0.15) is 0 Å². The van der Waals surface area contributed by atoms with Gasteiger partial charge in [0, 0.05) is 15.5 Å². The summed E-state index contributed by atoms with van der Waals surface area (Å²) in [7, 11) is 0. The van der Waals surface area contributed by atoms with E-state index in [1.165, 1.54) is 15.5 Å². The van der Waals surface area contributed by atoms with Crippen molar-refractivity contribution in [1.82, 2.24) is 15.4 Å². The molecule has 15 heavy (non-hydrogen) atoms. The third kappa shape index (κ3) is 0.824. The zero-order valence-electron chi connectivity index (χ0n) is 7.64. The lowest BCUT2D eigenvalue weighted by Gasteiger charge is -2.01. The molecule has 70 valence electrons. The SMILES string of the molecule is c1cc2nnnc3ccc4scc1c4c23. The Kier molecular flexibility index (Phi) is 1.20. The van der Waals surface area contributed by atoms with E-state index in [4.69, 9.17) is 0 Å². The van der Waals surface area contributed by atoms with Crippen molar-refractivity contribution in [3.05, 3.63) is 29.6 Å². The molecular weight excluding hydrogens is 206 g/mol. The largest absolute Gasteiger partial charge is 0.143 e. The first-order valence-electron chi connectivity index (χ1n) is 4.65. The molecule has 4 heteroatoms. The van der Waals surface area contributed by atoms with Crippen molar-refractivity contribution in [2.75, 3.05) is 0 Å². The molecule has 0 fully saturated rings. The number of rotatable bonds is 0. The second-order valence-electron chi connectivity index (χ2n) is 3.53. The van der Waals surface area contributed by atoms with Crippen LogP contribution in [0.15, 0.2) is 29.6 Å². The molecule has 0 aliphatic carbocycles. The van der Waals surface area contributed by atoms with Gasteiger partial charge in [-0.1, -0.05) is 6.07 Å². The number of nitrogens with zero attached hydrogens (tertiary/aromatic N) is 3. The monoisotopic (exact) mass is 211 g/mol. The second kappa shape index (κ2) is 2.41. The highest BCUT2D eigenvalue weighted by atomic mass is 32.1. The van der Waals surface area contributed by atoms with Crippen LogP contribution in [0.5, 0.6) is 0 Å². The van der Waals surface area contributed by atoms with Crippen LogP contribution >= 0.6 is 11.3 Å². The van der Waals surface area contributed by atoms with Crippen molar-refractivity contribution in [3.63, 3.8) is 0 Å². The molecule has 0 amide bonds. The van der Waals surface area contributed by atoms with Gasteiger partial charge in [-0.15, -0.1) is 21.5 Å². The molecule has 4 aromatic rings. The fourth-order valence-electron chi connectivity index (χ4n) is 2.06. The molecule has 2 aromatic heterocycles. The third-order valence-electron chi connectivity index (χ3n) is 2.73. The predicted octanol–water partition coefficient (Wildman–Crippen LogP) is 2.83. The van der Waals surface area contributed by atoms with Crippen LogP contribution in [0.4, 0.5) is 0 Å². The van der Waals surface area contributed by atoms with Gasteiger partial charge >= 0.3 is 0 Å². The fourth-order valence-corrected chi connectivity index (χ4v) is 3.00. The van der Waals surface area contributed by atoms with Crippen LogP contribution < -0.4 is 0 Å². The molecule has 4 rings (SSSR count). The maximum atomic E-state index is 4.06. The van der Waals surface area contributed by atoms with E-state index < -0.39 is 0 Å². The molecule has 2 aromatic carbocycles. The Morgan fingerprint density at radius 2 is 1.67 bits per heavy atom. The molecule has 2 heterocycles. The summed E-state index contributed by atoms with van der Waals surface area (Å²) in [5.41, 5.74) is 1.85. The zero-order chi connectivity index (χ0) is 9.83. The van der Waals surface area contributed by atoms with E-state index in [-0.39, 0.29) is 0 Å². The molecule has 0 aliphatic heterocycles. The summed E-state index contributed by atoms with van der Waals surface area (Å²) in [4.78, 5) is 0. The molecule has 3 nitrogen and oxygen atoms in total. The Hall–Kier alpha value is -1.81. The molecule has 0 atom stereocenters. The van der Waals surface area contributed by atoms with Crippen molar-refractivity contribution >= 4 is 43.2 Å². The summed E-state index contributed by atoms with van der Waals surface area (Å²) in [6.07, 6.45) is 0. The van der Waals surface area contributed by atoms with Gasteiger partial charge in [-0.05, 0) is 34.2 Å². The van der Waals surface area contributed by atoms with Crippen molar-refractivity contribution < 1.29 is 0 Å². The van der Waals surface area contributed by atoms with Crippen LogP contribution in [-0.2, 0) is 0 Å². The van der Waals surface area contributed by atoms with Crippen molar-refractivity contribution in [1.29, 1.82) is 0 Å². The van der Waals surface area contributed by atoms with E-state index in [1.54, 1.807) is 11.3 Å². The number of benzene rings is 2. The quantitative estimate of drug-likeness (QED) is 0.449. The Bertz CT molecular complexity index is 715. The lowest BCUT2D eigenvalue weighted by atomic mass is 10.1. The summed E-state index contributed by atoms with van der Waals surface area (Å²) < 4.78 is 1.29. The molecule has 0 radical (unpaired) electrons. The van der Waals surface area contributed by atoms with Gasteiger partial charge in [0.2, 0.25) is 0 Å². The first-order chi connectivity index (χ1) is 7.43. The van der Waals surface area contributed by atoms with E-state index in [0.29, 0.717) is 0 Å². The summed E-state index contributed by atoms with van der Waals surface area (Å²) in [6, 6.07) is 8.21. The predicted molar refractivity (Wildman–Crippen MR) is 61.4 cm³/mol. The Morgan fingerprint density at radius 3 is 2.53 bits per heavy atom. The van der Waals surface area contributed by atoms with Crippen LogP contribution in [0.25, 0.3) is 31.9 Å². The standard InChI is InChI=1S/C11H5N3S/c1-2-7-11-8(13-14-12-7)3-4-9-10(11)6(1)5-15-9/h1-5H. The molecule has 0 N–H and O–H groups in total. The summed E-state index contributed by atoms with van der Waals surface area (Å²) in [5, 5.41) is 17.7. The van der Waals surface area contributed by atoms with E-state index in [0.717, 1.165) is 16.4 Å². The van der Waals surface area contributed by atoms with Crippen LogP contribution in [-0.4, -0.2) is 15.4 Å². The number of aromatic nitrogens is 3. The van der Waals surface area contributed by atoms with Gasteiger partial charge in [-0.25, -0.2) is 0 Å². The minimum Gasteiger partial charge on any atom is -0.143 e. The first kappa shape index (κ1) is 7.48. The van der Waals surface area contributed by atoms with Gasteiger partial charge in [0.05, 0.1) is 11.0 Å². The van der Waals surface area contributed by atoms with Crippen molar-refractivity contribution in [3.8, 4) is 0 Å². The van der Waals surface area contributed by atoms with Crippen LogP contribution in [0.1, 0.15) is 0 Å². The lowest BCUT2D eigenvalue weighted by molar-refractivity contribution is 0.918. The Balaban J connectivity index is 2.54. The number of hydrogen-bond acceptors (Lipinski definition) is 4. The van der Waals surface area contributed by atoms with Gasteiger partial charge in [-0.3, -0.25) is 0 Å². The highest BCUT2D eigenvalue weighted by Crippen LogP contribution is 2.35. The van der Waals surface area contributed by atoms with Crippen molar-refractivity contribution in [2.45, 2.75) is 0 Å². The molecule has 0 aliphatic rings. The van der Waals surface area contributed by atoms with Crippen LogP contribution in [0.2, 0.25) is 0 Å². The first-order valence-corrected chi connectivity index (χ1v) is 5.53. The second-order valence-corrected chi connectivity index (χ2v) is 4.44. The third-order valence-corrected chi connectivity index (χ3v) is 3.69. The molecular formula is C11H5N3S. The van der Waals surface area contributed by atoms with Crippen molar-refractivity contribution in [2.24, 2.45) is 0 Å². The minimum atomic E-state index is 0.927. The molecule has 0 saturated carbocycles. The van der Waals surface area contributed by atoms with Crippen LogP contribution in [0, 0.1) is 0 Å². The minimum absolute atomic E-state index is 0.927. The molecule has 0 saturated heterocycles. The van der Waals surface area contributed by atoms with Gasteiger partial charge < -0.3 is 0 Å². The van der Waals surface area contributed by atoms with E-state index in [9.17, 15) is 0 Å². The molecule has 0 bridgehead atoms. The highest BCUT2D eigenvalue weighted by molar-refractivity contribution is 7.18. The normalized spacial score (nSPS) is 12.0. The maximum Gasteiger partial charge on any atom is 0.0977 e. The Labute approximate surface area is 88.7 Å². The van der Waals surface area contributed by atoms with Gasteiger partial charge in [0.25, 0.3) is 0 Å².